The Balaban J connectivity index is 0.000000196. The van der Waals surface area contributed by atoms with E-state index < -0.39 is 0 Å². The van der Waals surface area contributed by atoms with Crippen LogP contribution >= 0.6 is 27.5 Å². The van der Waals surface area contributed by atoms with Crippen molar-refractivity contribution in [2.75, 3.05) is 12.4 Å². The van der Waals surface area contributed by atoms with Crippen LogP contribution in [0.2, 0.25) is 5.02 Å². The Kier molecular flexibility index (Phi) is 7.77. The molecule has 1 N–H and O–H groups in total. The van der Waals surface area contributed by atoms with E-state index in [4.69, 9.17) is 20.8 Å². The maximum atomic E-state index is 10.0. The summed E-state index contributed by atoms with van der Waals surface area (Å²) in [6.45, 7) is 4.29. The van der Waals surface area contributed by atoms with E-state index in [0.29, 0.717) is 11.5 Å². The second-order valence-electron chi connectivity index (χ2n) is 6.96. The molecule has 31 heavy (non-hydrogen) atoms. The normalized spacial score (nSPS) is 11.4. The number of hydrogen-bond donors (Lipinski definition) is 1. The van der Waals surface area contributed by atoms with Crippen molar-refractivity contribution < 1.29 is 13.9 Å². The van der Waals surface area contributed by atoms with Crippen molar-refractivity contribution in [3.8, 4) is 11.3 Å². The first kappa shape index (κ1) is 22.9. The largest absolute Gasteiger partial charge is 0.460 e. The van der Waals surface area contributed by atoms with Gasteiger partial charge in [0.05, 0.1) is 5.69 Å². The van der Waals surface area contributed by atoms with Crippen molar-refractivity contribution in [3.05, 3.63) is 87.4 Å². The number of rotatable bonds is 5. The standard InChI is InChI=1S/C16H14BrNO.C9H9ClO2/c1-10-3-8-14-13(9-10)15(18-2)16(19-14)11-4-6-12(17)7-5-11;1-7(12-6-11)8-4-2-3-5-9(8)10/h3-9,18H,1-2H3;2-7H,1H3/t;7-/m.1/s1. The molecule has 0 saturated carbocycles. The number of hydrogen-bond acceptors (Lipinski definition) is 4. The molecular formula is C25H23BrClNO3. The lowest BCUT2D eigenvalue weighted by atomic mass is 10.1. The lowest BCUT2D eigenvalue weighted by Gasteiger charge is -2.10. The number of fused-ring (bicyclic) bond motifs is 1. The summed E-state index contributed by atoms with van der Waals surface area (Å²) in [7, 11) is 1.93. The smallest absolute Gasteiger partial charge is 0.293 e. The third-order valence-electron chi connectivity index (χ3n) is 4.80. The quantitative estimate of drug-likeness (QED) is 0.284. The van der Waals surface area contributed by atoms with E-state index in [1.165, 1.54) is 5.56 Å². The van der Waals surface area contributed by atoms with Gasteiger partial charge in [-0.1, -0.05) is 69.5 Å². The van der Waals surface area contributed by atoms with Gasteiger partial charge in [0.2, 0.25) is 0 Å². The molecule has 0 saturated heterocycles. The highest BCUT2D eigenvalue weighted by Gasteiger charge is 2.14. The second-order valence-corrected chi connectivity index (χ2v) is 8.28. The fourth-order valence-corrected chi connectivity index (χ4v) is 3.78. The zero-order chi connectivity index (χ0) is 22.4. The van der Waals surface area contributed by atoms with Crippen molar-refractivity contribution in [1.29, 1.82) is 0 Å². The number of benzene rings is 3. The van der Waals surface area contributed by atoms with Crippen LogP contribution in [0.5, 0.6) is 0 Å². The average Bonchev–Trinajstić information content (AvgIpc) is 3.13. The molecule has 4 rings (SSSR count). The lowest BCUT2D eigenvalue weighted by molar-refractivity contribution is -0.133. The monoisotopic (exact) mass is 499 g/mol. The van der Waals surface area contributed by atoms with Crippen LogP contribution < -0.4 is 5.32 Å². The minimum atomic E-state index is -0.281. The molecule has 4 nitrogen and oxygen atoms in total. The van der Waals surface area contributed by atoms with Gasteiger partial charge < -0.3 is 14.5 Å². The number of nitrogens with one attached hydrogen (secondary N) is 1. The number of ether oxygens (including phenoxy) is 1. The first-order valence-electron chi connectivity index (χ1n) is 9.75. The van der Waals surface area contributed by atoms with Crippen molar-refractivity contribution >= 4 is 50.7 Å². The van der Waals surface area contributed by atoms with Crippen molar-refractivity contribution in [1.82, 2.24) is 0 Å². The van der Waals surface area contributed by atoms with Crippen molar-refractivity contribution in [3.63, 3.8) is 0 Å². The van der Waals surface area contributed by atoms with Crippen LogP contribution in [0.1, 0.15) is 24.2 Å². The Morgan fingerprint density at radius 1 is 1.10 bits per heavy atom. The zero-order valence-corrected chi connectivity index (χ0v) is 19.8. The van der Waals surface area contributed by atoms with E-state index in [-0.39, 0.29) is 6.10 Å². The minimum Gasteiger partial charge on any atom is -0.460 e. The molecule has 1 atom stereocenters. The highest BCUT2D eigenvalue weighted by molar-refractivity contribution is 9.10. The third-order valence-corrected chi connectivity index (χ3v) is 5.68. The van der Waals surface area contributed by atoms with E-state index >= 15 is 0 Å². The summed E-state index contributed by atoms with van der Waals surface area (Å²) < 4.78 is 11.8. The second kappa shape index (κ2) is 10.5. The summed E-state index contributed by atoms with van der Waals surface area (Å²) in [5, 5.41) is 5.00. The molecule has 0 amide bonds. The Bertz CT molecular complexity index is 1170. The van der Waals surface area contributed by atoms with Gasteiger partial charge in [-0.25, -0.2) is 0 Å². The Morgan fingerprint density at radius 2 is 1.81 bits per heavy atom. The number of carbonyl (C=O) groups is 1. The molecule has 1 heterocycles. The average molecular weight is 501 g/mol. The van der Waals surface area contributed by atoms with E-state index in [1.807, 2.05) is 43.4 Å². The summed E-state index contributed by atoms with van der Waals surface area (Å²) in [6, 6.07) is 21.7. The number of aryl methyl sites for hydroxylation is 1. The van der Waals surface area contributed by atoms with E-state index in [2.05, 4.69) is 52.4 Å². The van der Waals surface area contributed by atoms with E-state index in [1.54, 1.807) is 13.0 Å². The maximum Gasteiger partial charge on any atom is 0.293 e. The van der Waals surface area contributed by atoms with Crippen molar-refractivity contribution in [2.45, 2.75) is 20.0 Å². The molecule has 0 unspecified atom stereocenters. The Morgan fingerprint density at radius 3 is 2.45 bits per heavy atom. The summed E-state index contributed by atoms with van der Waals surface area (Å²) in [5.41, 5.74) is 5.08. The van der Waals surface area contributed by atoms with Gasteiger partial charge in [0.1, 0.15) is 11.7 Å². The molecule has 0 aliphatic carbocycles. The van der Waals surface area contributed by atoms with Crippen LogP contribution in [0.15, 0.2) is 75.6 Å². The third kappa shape index (κ3) is 5.49. The van der Waals surface area contributed by atoms with Crippen LogP contribution in [-0.2, 0) is 9.53 Å². The van der Waals surface area contributed by atoms with E-state index in [0.717, 1.165) is 38.0 Å². The summed E-state index contributed by atoms with van der Waals surface area (Å²) in [5.74, 6) is 0.885. The van der Waals surface area contributed by atoms with Crippen LogP contribution in [0.3, 0.4) is 0 Å². The van der Waals surface area contributed by atoms with Gasteiger partial charge in [-0.3, -0.25) is 4.79 Å². The molecule has 0 fully saturated rings. The first-order valence-corrected chi connectivity index (χ1v) is 10.9. The van der Waals surface area contributed by atoms with Gasteiger partial charge in [-0.05, 0) is 44.2 Å². The fourth-order valence-electron chi connectivity index (χ4n) is 3.23. The van der Waals surface area contributed by atoms with E-state index in [9.17, 15) is 4.79 Å². The predicted octanol–water partition coefficient (Wildman–Crippen LogP) is 7.79. The molecule has 6 heteroatoms. The SMILES string of the molecule is CNc1c(-c2ccc(Br)cc2)oc2ccc(C)cc12.C[C@@H](OC=O)c1ccccc1Cl. The zero-order valence-electron chi connectivity index (χ0n) is 17.5. The number of halogens is 2. The topological polar surface area (TPSA) is 51.5 Å². The highest BCUT2D eigenvalue weighted by atomic mass is 79.9. The van der Waals surface area contributed by atoms with Crippen LogP contribution in [0, 0.1) is 6.92 Å². The number of furan rings is 1. The molecule has 0 radical (unpaired) electrons. The van der Waals surface area contributed by atoms with Gasteiger partial charge in [0.15, 0.2) is 5.76 Å². The molecule has 3 aromatic carbocycles. The molecule has 1 aromatic heterocycles. The summed E-state index contributed by atoms with van der Waals surface area (Å²) in [4.78, 5) is 10.0. The molecule has 0 aliphatic rings. The Labute approximate surface area is 195 Å². The van der Waals surface area contributed by atoms with Gasteiger partial charge in [-0.2, -0.15) is 0 Å². The molecule has 0 bridgehead atoms. The van der Waals surface area contributed by atoms with Gasteiger partial charge in [0, 0.05) is 33.1 Å². The van der Waals surface area contributed by atoms with Crippen LogP contribution in [0.25, 0.3) is 22.3 Å². The van der Waals surface area contributed by atoms with Crippen molar-refractivity contribution in [2.24, 2.45) is 0 Å². The van der Waals surface area contributed by atoms with Crippen LogP contribution in [0.4, 0.5) is 5.69 Å². The lowest BCUT2D eigenvalue weighted by Crippen LogP contribution is -1.98. The molecule has 160 valence electrons. The maximum absolute atomic E-state index is 10.0. The molecule has 4 aromatic rings. The molecular weight excluding hydrogens is 478 g/mol. The molecule has 0 spiro atoms. The summed E-state index contributed by atoms with van der Waals surface area (Å²) >= 11 is 9.31. The van der Waals surface area contributed by atoms with Gasteiger partial charge >= 0.3 is 0 Å². The first-order chi connectivity index (χ1) is 14.9. The van der Waals surface area contributed by atoms with Gasteiger partial charge in [0.25, 0.3) is 6.47 Å². The summed E-state index contributed by atoms with van der Waals surface area (Å²) in [6.07, 6.45) is -0.281. The minimum absolute atomic E-state index is 0.281. The highest BCUT2D eigenvalue weighted by Crippen LogP contribution is 2.38. The number of carbonyl (C=O) groups excluding carboxylic acids is 1. The fraction of sp³-hybridized carbons (Fsp3) is 0.160. The van der Waals surface area contributed by atoms with Gasteiger partial charge in [-0.15, -0.1) is 0 Å². The molecule has 0 aliphatic heterocycles. The van der Waals surface area contributed by atoms with Crippen LogP contribution in [-0.4, -0.2) is 13.5 Å². The number of anilines is 1. The Hall–Kier alpha value is -2.76. The predicted molar refractivity (Wildman–Crippen MR) is 131 cm³/mol.